The molecular weight excluding hydrogens is 423 g/mol. The summed E-state index contributed by atoms with van der Waals surface area (Å²) in [4.78, 5) is 32.3. The second kappa shape index (κ2) is 8.33. The number of hydrogen-bond donors (Lipinski definition) is 0. The second-order valence-electron chi connectivity index (χ2n) is 7.34. The Labute approximate surface area is 181 Å². The molecule has 0 aliphatic carbocycles. The normalized spacial score (nSPS) is 12.8. The van der Waals surface area contributed by atoms with E-state index in [1.165, 1.54) is 58.5 Å². The molecule has 4 rings (SSSR count). The standard InChI is InChI=1S/C23H18F3N3O3/c1-28(2)21(30)13-3-8-17(19(11-13)32-23(25)26)20-18-12-29(15-6-4-14(24)5-7-15)22(31)16(18)9-10-27-20/h3-11,23H,12H2,1-2H3. The van der Waals surface area contributed by atoms with Crippen LogP contribution in [0.2, 0.25) is 0 Å². The van der Waals surface area contributed by atoms with E-state index in [9.17, 15) is 22.8 Å². The van der Waals surface area contributed by atoms with Crippen molar-refractivity contribution in [2.24, 2.45) is 0 Å². The molecule has 1 aliphatic rings. The smallest absolute Gasteiger partial charge is 0.387 e. The molecular formula is C23H18F3N3O3. The van der Waals surface area contributed by atoms with Crippen molar-refractivity contribution in [3.05, 3.63) is 77.2 Å². The molecule has 2 heterocycles. The molecule has 0 atom stereocenters. The highest BCUT2D eigenvalue weighted by Crippen LogP contribution is 2.38. The molecule has 164 valence electrons. The summed E-state index contributed by atoms with van der Waals surface area (Å²) < 4.78 is 44.2. The van der Waals surface area contributed by atoms with Crippen LogP contribution >= 0.6 is 0 Å². The molecule has 0 saturated carbocycles. The van der Waals surface area contributed by atoms with Crippen LogP contribution in [0.25, 0.3) is 11.3 Å². The van der Waals surface area contributed by atoms with Gasteiger partial charge in [0, 0.05) is 48.2 Å². The number of nitrogens with zero attached hydrogens (tertiary/aromatic N) is 3. The number of aromatic nitrogens is 1. The van der Waals surface area contributed by atoms with Gasteiger partial charge in [0.25, 0.3) is 11.8 Å². The maximum Gasteiger partial charge on any atom is 0.387 e. The first-order chi connectivity index (χ1) is 15.3. The van der Waals surface area contributed by atoms with Gasteiger partial charge in [0.05, 0.1) is 12.2 Å². The Bertz CT molecular complexity index is 1200. The van der Waals surface area contributed by atoms with E-state index in [1.807, 2.05) is 0 Å². The lowest BCUT2D eigenvalue weighted by Crippen LogP contribution is -2.22. The summed E-state index contributed by atoms with van der Waals surface area (Å²) >= 11 is 0. The minimum Gasteiger partial charge on any atom is -0.434 e. The zero-order valence-corrected chi connectivity index (χ0v) is 17.2. The summed E-state index contributed by atoms with van der Waals surface area (Å²) in [6, 6.07) is 11.2. The number of benzene rings is 2. The van der Waals surface area contributed by atoms with Gasteiger partial charge in [0.15, 0.2) is 0 Å². The van der Waals surface area contributed by atoms with E-state index in [2.05, 4.69) is 4.98 Å². The van der Waals surface area contributed by atoms with Crippen molar-refractivity contribution in [3.63, 3.8) is 0 Å². The molecule has 9 heteroatoms. The predicted molar refractivity (Wildman–Crippen MR) is 111 cm³/mol. The molecule has 0 fully saturated rings. The Morgan fingerprint density at radius 3 is 2.47 bits per heavy atom. The topological polar surface area (TPSA) is 62.7 Å². The largest absolute Gasteiger partial charge is 0.434 e. The van der Waals surface area contributed by atoms with E-state index in [0.29, 0.717) is 22.5 Å². The first kappa shape index (κ1) is 21.4. The van der Waals surface area contributed by atoms with Crippen LogP contribution in [0, 0.1) is 5.82 Å². The van der Waals surface area contributed by atoms with Crippen molar-refractivity contribution >= 4 is 17.5 Å². The maximum absolute atomic E-state index is 13.3. The number of carbonyl (C=O) groups is 2. The van der Waals surface area contributed by atoms with Crippen molar-refractivity contribution in [3.8, 4) is 17.0 Å². The van der Waals surface area contributed by atoms with Gasteiger partial charge in [-0.1, -0.05) is 0 Å². The zero-order valence-electron chi connectivity index (χ0n) is 17.2. The van der Waals surface area contributed by atoms with Crippen LogP contribution in [-0.2, 0) is 6.54 Å². The van der Waals surface area contributed by atoms with Crippen LogP contribution < -0.4 is 9.64 Å². The summed E-state index contributed by atoms with van der Waals surface area (Å²) in [6.45, 7) is -3.00. The maximum atomic E-state index is 13.3. The van der Waals surface area contributed by atoms with E-state index in [4.69, 9.17) is 4.74 Å². The van der Waals surface area contributed by atoms with Crippen LogP contribution in [0.4, 0.5) is 18.9 Å². The van der Waals surface area contributed by atoms with Crippen molar-refractivity contribution in [2.75, 3.05) is 19.0 Å². The highest BCUT2D eigenvalue weighted by atomic mass is 19.3. The summed E-state index contributed by atoms with van der Waals surface area (Å²) in [5.41, 5.74) is 2.06. The Hall–Kier alpha value is -3.88. The lowest BCUT2D eigenvalue weighted by Gasteiger charge is -2.17. The molecule has 3 aromatic rings. The van der Waals surface area contributed by atoms with E-state index >= 15 is 0 Å². The zero-order chi connectivity index (χ0) is 23.0. The fourth-order valence-corrected chi connectivity index (χ4v) is 3.59. The van der Waals surface area contributed by atoms with Gasteiger partial charge in [0.1, 0.15) is 11.6 Å². The fourth-order valence-electron chi connectivity index (χ4n) is 3.59. The molecule has 32 heavy (non-hydrogen) atoms. The molecule has 2 aromatic carbocycles. The van der Waals surface area contributed by atoms with Crippen LogP contribution in [0.15, 0.2) is 54.7 Å². The first-order valence-electron chi connectivity index (χ1n) is 9.62. The van der Waals surface area contributed by atoms with Gasteiger partial charge in [-0.15, -0.1) is 0 Å². The van der Waals surface area contributed by atoms with Crippen LogP contribution in [0.5, 0.6) is 5.75 Å². The predicted octanol–water partition coefficient (Wildman–Crippen LogP) is 4.35. The molecule has 0 spiro atoms. The first-order valence-corrected chi connectivity index (χ1v) is 9.62. The van der Waals surface area contributed by atoms with E-state index in [-0.39, 0.29) is 35.2 Å². The molecule has 1 aliphatic heterocycles. The van der Waals surface area contributed by atoms with E-state index in [1.54, 1.807) is 20.2 Å². The minimum absolute atomic E-state index is 0.121. The molecule has 0 bridgehead atoms. The summed E-state index contributed by atoms with van der Waals surface area (Å²) in [6.07, 6.45) is 1.41. The Morgan fingerprint density at radius 1 is 1.09 bits per heavy atom. The van der Waals surface area contributed by atoms with Gasteiger partial charge in [-0.3, -0.25) is 14.6 Å². The fraction of sp³-hybridized carbons (Fsp3) is 0.174. The third kappa shape index (κ3) is 3.89. The average Bonchev–Trinajstić information content (AvgIpc) is 3.10. The van der Waals surface area contributed by atoms with Gasteiger partial charge < -0.3 is 14.5 Å². The lowest BCUT2D eigenvalue weighted by atomic mass is 10.0. The Kier molecular flexibility index (Phi) is 5.56. The number of pyridine rings is 1. The number of anilines is 1. The van der Waals surface area contributed by atoms with Crippen LogP contribution in [0.3, 0.4) is 0 Å². The second-order valence-corrected chi connectivity index (χ2v) is 7.34. The summed E-state index contributed by atoms with van der Waals surface area (Å²) in [5, 5.41) is 0. The molecule has 0 saturated heterocycles. The van der Waals surface area contributed by atoms with Gasteiger partial charge >= 0.3 is 6.61 Å². The molecule has 2 amide bonds. The molecule has 6 nitrogen and oxygen atoms in total. The molecule has 0 unspecified atom stereocenters. The number of amides is 2. The van der Waals surface area contributed by atoms with Crippen molar-refractivity contribution in [1.82, 2.24) is 9.88 Å². The average molecular weight is 441 g/mol. The monoisotopic (exact) mass is 441 g/mol. The third-order valence-corrected chi connectivity index (χ3v) is 5.09. The van der Waals surface area contributed by atoms with Gasteiger partial charge in [-0.2, -0.15) is 8.78 Å². The number of hydrogen-bond acceptors (Lipinski definition) is 4. The van der Waals surface area contributed by atoms with Gasteiger partial charge in [0.2, 0.25) is 0 Å². The summed E-state index contributed by atoms with van der Waals surface area (Å²) in [7, 11) is 3.09. The van der Waals surface area contributed by atoms with Crippen LogP contribution in [0.1, 0.15) is 26.3 Å². The number of carbonyl (C=O) groups excluding carboxylic acids is 2. The molecule has 0 radical (unpaired) electrons. The van der Waals surface area contributed by atoms with E-state index in [0.717, 1.165) is 0 Å². The minimum atomic E-state index is -3.12. The number of fused-ring (bicyclic) bond motifs is 1. The highest BCUT2D eigenvalue weighted by molar-refractivity contribution is 6.11. The Balaban J connectivity index is 1.79. The SMILES string of the molecule is CN(C)C(=O)c1ccc(-c2nccc3c2CN(c2ccc(F)cc2)C3=O)c(OC(F)F)c1. The lowest BCUT2D eigenvalue weighted by molar-refractivity contribution is -0.0495. The number of rotatable bonds is 5. The van der Waals surface area contributed by atoms with Crippen molar-refractivity contribution < 1.29 is 27.5 Å². The van der Waals surface area contributed by atoms with Crippen molar-refractivity contribution in [1.29, 1.82) is 0 Å². The quantitative estimate of drug-likeness (QED) is 0.591. The molecule has 0 N–H and O–H groups in total. The van der Waals surface area contributed by atoms with E-state index < -0.39 is 12.4 Å². The highest BCUT2D eigenvalue weighted by Gasteiger charge is 2.32. The summed E-state index contributed by atoms with van der Waals surface area (Å²) in [5.74, 6) is -1.34. The van der Waals surface area contributed by atoms with Gasteiger partial charge in [-0.25, -0.2) is 4.39 Å². The Morgan fingerprint density at radius 2 is 1.81 bits per heavy atom. The van der Waals surface area contributed by atoms with Gasteiger partial charge in [-0.05, 0) is 48.5 Å². The number of alkyl halides is 2. The third-order valence-electron chi connectivity index (χ3n) is 5.09. The van der Waals surface area contributed by atoms with Crippen molar-refractivity contribution in [2.45, 2.75) is 13.2 Å². The number of ether oxygens (including phenoxy) is 1. The van der Waals surface area contributed by atoms with Crippen LogP contribution in [-0.4, -0.2) is 42.4 Å². The molecule has 1 aromatic heterocycles. The number of halogens is 3.